The molecule has 112 valence electrons. The van der Waals surface area contributed by atoms with Crippen LogP contribution in [-0.2, 0) is 19.1 Å². The predicted molar refractivity (Wildman–Crippen MR) is 88.4 cm³/mol. The van der Waals surface area contributed by atoms with E-state index in [9.17, 15) is 9.59 Å². The highest BCUT2D eigenvalue weighted by molar-refractivity contribution is 9.25. The third-order valence-corrected chi connectivity index (χ3v) is 5.17. The Bertz CT molecular complexity index is 322. The number of thiol groups is 2. The molecule has 0 aromatic rings. The van der Waals surface area contributed by atoms with E-state index in [4.69, 9.17) is 9.47 Å². The molecule has 0 aliphatic rings. The quantitative estimate of drug-likeness (QED) is 0.348. The lowest BCUT2D eigenvalue weighted by Crippen LogP contribution is -2.41. The lowest BCUT2D eigenvalue weighted by molar-refractivity contribution is -0.155. The van der Waals surface area contributed by atoms with E-state index in [0.29, 0.717) is 11.5 Å². The number of carbonyl (C=O) groups is 2. The Morgan fingerprint density at radius 2 is 1.53 bits per heavy atom. The number of esters is 2. The zero-order chi connectivity index (χ0) is 15.1. The molecule has 0 aromatic carbocycles. The van der Waals surface area contributed by atoms with E-state index >= 15 is 0 Å². The van der Waals surface area contributed by atoms with Crippen molar-refractivity contribution in [2.24, 2.45) is 5.41 Å². The van der Waals surface area contributed by atoms with Gasteiger partial charge in [0.2, 0.25) is 3.42 Å². The van der Waals surface area contributed by atoms with Crippen LogP contribution < -0.4 is 0 Å². The van der Waals surface area contributed by atoms with Crippen LogP contribution in [0.25, 0.3) is 0 Å². The van der Waals surface area contributed by atoms with Gasteiger partial charge in [-0.2, -0.15) is 25.3 Å². The highest BCUT2D eigenvalue weighted by Gasteiger charge is 2.45. The van der Waals surface area contributed by atoms with Gasteiger partial charge in [-0.1, -0.05) is 13.8 Å². The summed E-state index contributed by atoms with van der Waals surface area (Å²) in [5.74, 6) is 0.120. The second-order valence-electron chi connectivity index (χ2n) is 4.48. The summed E-state index contributed by atoms with van der Waals surface area (Å²) in [5.41, 5.74) is -0.647. The highest BCUT2D eigenvalue weighted by Crippen LogP contribution is 2.45. The topological polar surface area (TPSA) is 52.6 Å². The minimum absolute atomic E-state index is 0.101. The first kappa shape index (κ1) is 19.6. The fourth-order valence-corrected chi connectivity index (χ4v) is 1.89. The lowest BCUT2D eigenvalue weighted by Gasteiger charge is -2.36. The van der Waals surface area contributed by atoms with Crippen LogP contribution in [0.15, 0.2) is 0 Å². The molecule has 0 saturated heterocycles. The van der Waals surface area contributed by atoms with E-state index in [2.05, 4.69) is 57.1 Å². The van der Waals surface area contributed by atoms with E-state index in [0.717, 1.165) is 0 Å². The van der Waals surface area contributed by atoms with Crippen molar-refractivity contribution in [1.29, 1.82) is 0 Å². The van der Waals surface area contributed by atoms with Gasteiger partial charge in [0.05, 0.1) is 18.3 Å². The van der Waals surface area contributed by atoms with Crippen molar-refractivity contribution in [3.8, 4) is 0 Å². The van der Waals surface area contributed by atoms with Crippen molar-refractivity contribution in [1.82, 2.24) is 0 Å². The van der Waals surface area contributed by atoms with Crippen LogP contribution >= 0.6 is 57.1 Å². The van der Waals surface area contributed by atoms with E-state index in [1.807, 2.05) is 0 Å². The second-order valence-corrected chi connectivity index (χ2v) is 8.67. The lowest BCUT2D eigenvalue weighted by atomic mass is 9.96. The van der Waals surface area contributed by atoms with Crippen LogP contribution in [0.4, 0.5) is 0 Å². The van der Waals surface area contributed by atoms with Crippen LogP contribution in [0.5, 0.6) is 0 Å². The molecule has 0 bridgehead atoms. The SMILES string of the molecule is CC(C)(COC(=O)CCS)C(Br)(Br)OC(=O)CCS. The number of hydrogen-bond donors (Lipinski definition) is 2. The summed E-state index contributed by atoms with van der Waals surface area (Å²) in [6.07, 6.45) is 0.452. The zero-order valence-electron chi connectivity index (χ0n) is 10.8. The maximum Gasteiger partial charge on any atom is 0.308 e. The summed E-state index contributed by atoms with van der Waals surface area (Å²) < 4.78 is 9.29. The Labute approximate surface area is 141 Å². The van der Waals surface area contributed by atoms with Gasteiger partial charge in [0, 0.05) is 11.5 Å². The minimum atomic E-state index is -1.10. The molecule has 0 rings (SSSR count). The van der Waals surface area contributed by atoms with Crippen LogP contribution in [0, 0.1) is 5.41 Å². The summed E-state index contributed by atoms with van der Waals surface area (Å²) in [6, 6.07) is 0. The third-order valence-electron chi connectivity index (χ3n) is 2.26. The van der Waals surface area contributed by atoms with Crippen LogP contribution in [-0.4, -0.2) is 33.5 Å². The number of rotatable bonds is 8. The maximum atomic E-state index is 11.5. The largest absolute Gasteiger partial charge is 0.465 e. The molecule has 0 aliphatic carbocycles. The Kier molecular flexibility index (Phi) is 9.07. The van der Waals surface area contributed by atoms with Crippen LogP contribution in [0.2, 0.25) is 0 Å². The van der Waals surface area contributed by atoms with Gasteiger partial charge in [0.1, 0.15) is 6.61 Å². The summed E-state index contributed by atoms with van der Waals surface area (Å²) in [6.45, 7) is 3.71. The molecule has 0 amide bonds. The first-order chi connectivity index (χ1) is 8.66. The second kappa shape index (κ2) is 8.79. The molecular formula is C11H18Br2O4S2. The van der Waals surface area contributed by atoms with Crippen LogP contribution in [0.3, 0.4) is 0 Å². The van der Waals surface area contributed by atoms with Gasteiger partial charge in [-0.15, -0.1) is 0 Å². The summed E-state index contributed by atoms with van der Waals surface area (Å²) in [7, 11) is 0. The van der Waals surface area contributed by atoms with Gasteiger partial charge in [-0.05, 0) is 31.9 Å². The van der Waals surface area contributed by atoms with Crippen molar-refractivity contribution in [2.75, 3.05) is 18.1 Å². The average molecular weight is 438 g/mol. The summed E-state index contributed by atoms with van der Waals surface area (Å²) in [5, 5.41) is 0. The first-order valence-corrected chi connectivity index (χ1v) is 8.48. The molecule has 4 nitrogen and oxygen atoms in total. The fourth-order valence-electron chi connectivity index (χ4n) is 0.932. The van der Waals surface area contributed by atoms with Crippen molar-refractivity contribution in [3.05, 3.63) is 0 Å². The van der Waals surface area contributed by atoms with Gasteiger partial charge in [-0.3, -0.25) is 9.59 Å². The number of carbonyl (C=O) groups excluding carboxylic acids is 2. The molecule has 0 radical (unpaired) electrons. The molecule has 0 fully saturated rings. The third kappa shape index (κ3) is 7.24. The molecule has 0 unspecified atom stereocenters. The van der Waals surface area contributed by atoms with E-state index in [1.54, 1.807) is 13.8 Å². The smallest absolute Gasteiger partial charge is 0.308 e. The zero-order valence-corrected chi connectivity index (χ0v) is 15.8. The number of alkyl halides is 2. The van der Waals surface area contributed by atoms with Crippen molar-refractivity contribution in [2.45, 2.75) is 30.1 Å². The summed E-state index contributed by atoms with van der Waals surface area (Å²) in [4.78, 5) is 22.8. The van der Waals surface area contributed by atoms with Gasteiger partial charge >= 0.3 is 11.9 Å². The molecule has 0 N–H and O–H groups in total. The average Bonchev–Trinajstić information content (AvgIpc) is 2.26. The van der Waals surface area contributed by atoms with Crippen molar-refractivity contribution >= 4 is 69.1 Å². The first-order valence-electron chi connectivity index (χ1n) is 5.63. The Morgan fingerprint density at radius 3 is 2.00 bits per heavy atom. The number of ether oxygens (including phenoxy) is 2. The molecule has 0 aromatic heterocycles. The molecule has 0 heterocycles. The van der Waals surface area contributed by atoms with Gasteiger partial charge in [0.25, 0.3) is 0 Å². The van der Waals surface area contributed by atoms with Crippen molar-refractivity contribution in [3.63, 3.8) is 0 Å². The van der Waals surface area contributed by atoms with Crippen molar-refractivity contribution < 1.29 is 19.1 Å². The highest BCUT2D eigenvalue weighted by atomic mass is 79.9. The molecule has 0 spiro atoms. The van der Waals surface area contributed by atoms with Gasteiger partial charge < -0.3 is 9.47 Å². The van der Waals surface area contributed by atoms with E-state index < -0.39 is 14.8 Å². The molecule has 0 saturated carbocycles. The van der Waals surface area contributed by atoms with E-state index in [-0.39, 0.29) is 25.4 Å². The van der Waals surface area contributed by atoms with Gasteiger partial charge in [-0.25, -0.2) is 0 Å². The monoisotopic (exact) mass is 436 g/mol. The maximum absolute atomic E-state index is 11.5. The molecule has 0 aliphatic heterocycles. The standard InChI is InChI=1S/C11H18Br2O4S2/c1-10(2,7-16-8(14)3-5-18)11(12,13)17-9(15)4-6-19/h18-19H,3-7H2,1-2H3. The number of halogens is 2. The molecule has 8 heteroatoms. The summed E-state index contributed by atoms with van der Waals surface area (Å²) >= 11 is 14.5. The fraction of sp³-hybridized carbons (Fsp3) is 0.818. The molecule has 0 atom stereocenters. The van der Waals surface area contributed by atoms with Crippen LogP contribution in [0.1, 0.15) is 26.7 Å². The Morgan fingerprint density at radius 1 is 1.05 bits per heavy atom. The Hall–Kier alpha value is 0.600. The minimum Gasteiger partial charge on any atom is -0.465 e. The molecular weight excluding hydrogens is 420 g/mol. The predicted octanol–water partition coefficient (Wildman–Crippen LogP) is 3.18. The molecule has 19 heavy (non-hydrogen) atoms. The van der Waals surface area contributed by atoms with Gasteiger partial charge in [0.15, 0.2) is 0 Å². The Balaban J connectivity index is 4.50. The van der Waals surface area contributed by atoms with E-state index in [1.165, 1.54) is 0 Å². The normalized spacial score (nSPS) is 12.1. The number of hydrogen-bond acceptors (Lipinski definition) is 6.